The summed E-state index contributed by atoms with van der Waals surface area (Å²) in [4.78, 5) is 27.7. The molecule has 3 rings (SSSR count). The molecule has 25 heavy (non-hydrogen) atoms. The highest BCUT2D eigenvalue weighted by Crippen LogP contribution is 2.25. The highest BCUT2D eigenvalue weighted by atomic mass is 32.2. The average Bonchev–Trinajstić information content (AvgIpc) is 2.96. The lowest BCUT2D eigenvalue weighted by Gasteiger charge is -2.11. The Bertz CT molecular complexity index is 963. The predicted octanol–water partition coefficient (Wildman–Crippen LogP) is 1.36. The highest BCUT2D eigenvalue weighted by molar-refractivity contribution is 7.99. The Morgan fingerprint density at radius 1 is 1.20 bits per heavy atom. The number of rotatable bonds is 6. The summed E-state index contributed by atoms with van der Waals surface area (Å²) in [5.74, 6) is 2.17. The third-order valence-electron chi connectivity index (χ3n) is 3.45. The number of aromatic amines is 2. The van der Waals surface area contributed by atoms with E-state index in [1.165, 1.54) is 6.07 Å². The normalized spacial score (nSPS) is 10.8. The highest BCUT2D eigenvalue weighted by Gasteiger charge is 2.15. The van der Waals surface area contributed by atoms with Gasteiger partial charge in [-0.2, -0.15) is 0 Å². The first-order valence-corrected chi connectivity index (χ1v) is 8.63. The second kappa shape index (κ2) is 7.39. The molecule has 2 N–H and O–H groups in total. The number of ether oxygens (including phenoxy) is 1. The molecule has 2 heterocycles. The molecule has 0 saturated carbocycles. The third kappa shape index (κ3) is 3.82. The van der Waals surface area contributed by atoms with E-state index < -0.39 is 11.2 Å². The van der Waals surface area contributed by atoms with E-state index in [2.05, 4.69) is 20.2 Å². The zero-order valence-electron chi connectivity index (χ0n) is 13.8. The van der Waals surface area contributed by atoms with E-state index in [0.717, 1.165) is 16.6 Å². The average molecular weight is 359 g/mol. The monoisotopic (exact) mass is 359 g/mol. The minimum absolute atomic E-state index is 0.271. The number of methoxy groups -OCH3 is 1. The van der Waals surface area contributed by atoms with Crippen molar-refractivity contribution < 1.29 is 4.74 Å². The van der Waals surface area contributed by atoms with Gasteiger partial charge in [0, 0.05) is 24.2 Å². The van der Waals surface area contributed by atoms with E-state index in [1.807, 2.05) is 35.8 Å². The molecule has 1 aromatic carbocycles. The van der Waals surface area contributed by atoms with Gasteiger partial charge < -0.3 is 9.72 Å². The predicted molar refractivity (Wildman–Crippen MR) is 94.8 cm³/mol. The van der Waals surface area contributed by atoms with Crippen LogP contribution in [0.1, 0.15) is 18.4 Å². The molecule has 0 saturated heterocycles. The van der Waals surface area contributed by atoms with Crippen LogP contribution in [0.15, 0.2) is 45.1 Å². The fourth-order valence-corrected chi connectivity index (χ4v) is 3.13. The maximum atomic E-state index is 11.5. The number of H-pyrrole nitrogens is 2. The van der Waals surface area contributed by atoms with Gasteiger partial charge in [0.15, 0.2) is 5.16 Å². The van der Waals surface area contributed by atoms with Crippen molar-refractivity contribution in [1.82, 2.24) is 24.7 Å². The standard InChI is InChI=1S/C16H17N5O3S/c1-3-25-16-20-19-13(7-10-8-14(22)18-15(23)17-10)21(16)11-5-4-6-12(9-11)24-2/h4-6,8-9H,3,7H2,1-2H3,(H2,17,18,22,23). The maximum Gasteiger partial charge on any atom is 0.325 e. The summed E-state index contributed by atoms with van der Waals surface area (Å²) in [6.07, 6.45) is 0.271. The molecule has 130 valence electrons. The van der Waals surface area contributed by atoms with E-state index in [-0.39, 0.29) is 6.42 Å². The maximum absolute atomic E-state index is 11.5. The minimum Gasteiger partial charge on any atom is -0.497 e. The molecule has 0 unspecified atom stereocenters. The van der Waals surface area contributed by atoms with E-state index in [0.29, 0.717) is 17.3 Å². The van der Waals surface area contributed by atoms with Crippen LogP contribution in [0, 0.1) is 0 Å². The number of hydrogen-bond donors (Lipinski definition) is 2. The number of benzene rings is 1. The van der Waals surface area contributed by atoms with Crippen molar-refractivity contribution in [2.75, 3.05) is 12.9 Å². The second-order valence-electron chi connectivity index (χ2n) is 5.16. The Kier molecular flexibility index (Phi) is 5.03. The quantitative estimate of drug-likeness (QED) is 0.644. The Hall–Kier alpha value is -2.81. The summed E-state index contributed by atoms with van der Waals surface area (Å²) >= 11 is 1.56. The number of thioether (sulfide) groups is 1. The molecule has 0 fully saturated rings. The lowest BCUT2D eigenvalue weighted by atomic mass is 10.2. The summed E-state index contributed by atoms with van der Waals surface area (Å²) in [5.41, 5.74) is 0.327. The molecule has 8 nitrogen and oxygen atoms in total. The van der Waals surface area contributed by atoms with Crippen molar-refractivity contribution >= 4 is 11.8 Å². The van der Waals surface area contributed by atoms with Gasteiger partial charge in [-0.1, -0.05) is 24.8 Å². The van der Waals surface area contributed by atoms with Crippen LogP contribution in [0.25, 0.3) is 5.69 Å². The van der Waals surface area contributed by atoms with Crippen LogP contribution in [-0.2, 0) is 6.42 Å². The molecule has 0 spiro atoms. The smallest absolute Gasteiger partial charge is 0.325 e. The van der Waals surface area contributed by atoms with Gasteiger partial charge in [0.1, 0.15) is 11.6 Å². The molecule has 0 amide bonds. The van der Waals surface area contributed by atoms with Gasteiger partial charge in [-0.05, 0) is 17.9 Å². The third-order valence-corrected chi connectivity index (χ3v) is 4.26. The van der Waals surface area contributed by atoms with Crippen LogP contribution in [0.4, 0.5) is 0 Å². The molecule has 0 aliphatic heterocycles. The van der Waals surface area contributed by atoms with Crippen molar-refractivity contribution in [3.05, 3.63) is 62.7 Å². The fraction of sp³-hybridized carbons (Fsp3) is 0.250. The molecule has 0 radical (unpaired) electrons. The van der Waals surface area contributed by atoms with E-state index in [9.17, 15) is 9.59 Å². The van der Waals surface area contributed by atoms with Gasteiger partial charge in [0.25, 0.3) is 5.56 Å². The Morgan fingerprint density at radius 3 is 2.76 bits per heavy atom. The summed E-state index contributed by atoms with van der Waals surface area (Å²) in [5, 5.41) is 9.21. The van der Waals surface area contributed by atoms with Gasteiger partial charge in [0.2, 0.25) is 0 Å². The molecule has 0 aliphatic rings. The van der Waals surface area contributed by atoms with Gasteiger partial charge in [-0.3, -0.25) is 14.3 Å². The first-order valence-electron chi connectivity index (χ1n) is 7.64. The molecular formula is C16H17N5O3S. The Balaban J connectivity index is 2.07. The van der Waals surface area contributed by atoms with Crippen LogP contribution in [0.2, 0.25) is 0 Å². The molecule has 3 aromatic rings. The van der Waals surface area contributed by atoms with Crippen molar-refractivity contribution in [2.45, 2.75) is 18.5 Å². The molecular weight excluding hydrogens is 342 g/mol. The van der Waals surface area contributed by atoms with E-state index in [1.54, 1.807) is 18.9 Å². The fourth-order valence-electron chi connectivity index (χ4n) is 2.43. The first-order chi connectivity index (χ1) is 12.1. The SMILES string of the molecule is CCSc1nnc(Cc2cc(=O)[nH]c(=O)[nH]2)n1-c1cccc(OC)c1. The van der Waals surface area contributed by atoms with Crippen LogP contribution >= 0.6 is 11.8 Å². The number of nitrogens with zero attached hydrogens (tertiary/aromatic N) is 3. The number of hydrogen-bond acceptors (Lipinski definition) is 6. The van der Waals surface area contributed by atoms with Crippen LogP contribution < -0.4 is 16.0 Å². The van der Waals surface area contributed by atoms with Crippen LogP contribution in [0.3, 0.4) is 0 Å². The van der Waals surface area contributed by atoms with Crippen molar-refractivity contribution in [3.63, 3.8) is 0 Å². The minimum atomic E-state index is -0.543. The Labute approximate surface area is 147 Å². The topological polar surface area (TPSA) is 106 Å². The van der Waals surface area contributed by atoms with Crippen LogP contribution in [0.5, 0.6) is 5.75 Å². The zero-order valence-corrected chi connectivity index (χ0v) is 14.6. The summed E-state index contributed by atoms with van der Waals surface area (Å²) in [7, 11) is 1.61. The van der Waals surface area contributed by atoms with Crippen molar-refractivity contribution in [1.29, 1.82) is 0 Å². The van der Waals surface area contributed by atoms with Gasteiger partial charge in [-0.15, -0.1) is 10.2 Å². The Morgan fingerprint density at radius 2 is 2.04 bits per heavy atom. The van der Waals surface area contributed by atoms with Gasteiger partial charge in [-0.25, -0.2) is 4.79 Å². The van der Waals surface area contributed by atoms with E-state index in [4.69, 9.17) is 4.74 Å². The lowest BCUT2D eigenvalue weighted by Crippen LogP contribution is -2.23. The first kappa shape index (κ1) is 17.0. The zero-order chi connectivity index (χ0) is 17.8. The molecule has 0 bridgehead atoms. The summed E-state index contributed by atoms with van der Waals surface area (Å²) in [6, 6.07) is 8.89. The second-order valence-corrected chi connectivity index (χ2v) is 6.39. The van der Waals surface area contributed by atoms with Crippen molar-refractivity contribution in [2.24, 2.45) is 0 Å². The lowest BCUT2D eigenvalue weighted by molar-refractivity contribution is 0.414. The van der Waals surface area contributed by atoms with Crippen molar-refractivity contribution in [3.8, 4) is 11.4 Å². The van der Waals surface area contributed by atoms with Gasteiger partial charge in [0.05, 0.1) is 12.8 Å². The molecule has 2 aromatic heterocycles. The van der Waals surface area contributed by atoms with E-state index >= 15 is 0 Å². The number of nitrogens with one attached hydrogen (secondary N) is 2. The molecule has 9 heteroatoms. The largest absolute Gasteiger partial charge is 0.497 e. The van der Waals surface area contributed by atoms with Crippen LogP contribution in [-0.4, -0.2) is 37.6 Å². The summed E-state index contributed by atoms with van der Waals surface area (Å²) in [6.45, 7) is 2.03. The van der Waals surface area contributed by atoms with Gasteiger partial charge >= 0.3 is 5.69 Å². The molecule has 0 atom stereocenters. The molecule has 0 aliphatic carbocycles. The summed E-state index contributed by atoms with van der Waals surface area (Å²) < 4.78 is 7.19. The number of aromatic nitrogens is 5.